The van der Waals surface area contributed by atoms with E-state index in [9.17, 15) is 13.2 Å². The highest BCUT2D eigenvalue weighted by Gasteiger charge is 2.22. The zero-order valence-electron chi connectivity index (χ0n) is 18.6. The van der Waals surface area contributed by atoms with Crippen LogP contribution >= 0.6 is 23.1 Å². The van der Waals surface area contributed by atoms with Crippen molar-refractivity contribution in [3.63, 3.8) is 0 Å². The van der Waals surface area contributed by atoms with Crippen LogP contribution in [0.4, 0.5) is 10.8 Å². The molecule has 0 atom stereocenters. The lowest BCUT2D eigenvalue weighted by molar-refractivity contribution is -0.122. The Morgan fingerprint density at radius 2 is 1.91 bits per heavy atom. The summed E-state index contributed by atoms with van der Waals surface area (Å²) in [6, 6.07) is 14.5. The number of halogens is 1. The number of carbonyl (C=O) groups is 1. The largest absolute Gasteiger partial charge is 0.371 e. The first-order valence-electron chi connectivity index (χ1n) is 11.1. The van der Waals surface area contributed by atoms with Gasteiger partial charge in [0.1, 0.15) is 12.9 Å². The standard InChI is InChI=1S/C23H23ClN6O3S2.2H2/c24-20-3-1-2-16-8-11-30(22(16)20)14-21(31)27-17-9-12-29(13-10-17)18-4-6-19(7-5-18)35(32,33)28-23-25-15-26-34-23;;/h1-8,11,15,17H,9-10,12-14H2,(H,27,31)(H,25,26,28);2*1H. The molecule has 1 aliphatic rings. The number of nitrogens with zero attached hydrogens (tertiary/aromatic N) is 4. The molecule has 0 spiro atoms. The zero-order chi connectivity index (χ0) is 24.4. The first kappa shape index (κ1) is 23.6. The van der Waals surface area contributed by atoms with E-state index in [4.69, 9.17) is 11.6 Å². The van der Waals surface area contributed by atoms with Gasteiger partial charge in [-0.15, -0.1) is 0 Å². The van der Waals surface area contributed by atoms with E-state index in [1.807, 2.05) is 35.0 Å². The summed E-state index contributed by atoms with van der Waals surface area (Å²) in [4.78, 5) is 18.9. The number of hydrogen-bond donors (Lipinski definition) is 2. The van der Waals surface area contributed by atoms with Crippen LogP contribution in [0.25, 0.3) is 10.9 Å². The minimum Gasteiger partial charge on any atom is -0.371 e. The van der Waals surface area contributed by atoms with Gasteiger partial charge in [-0.05, 0) is 49.2 Å². The molecular weight excluding hydrogens is 508 g/mol. The molecule has 2 aromatic heterocycles. The van der Waals surface area contributed by atoms with Crippen molar-refractivity contribution >= 4 is 60.8 Å². The summed E-state index contributed by atoms with van der Waals surface area (Å²) < 4.78 is 33.1. The van der Waals surface area contributed by atoms with E-state index in [0.717, 1.165) is 54.1 Å². The second-order valence-corrected chi connectivity index (χ2v) is 11.2. The van der Waals surface area contributed by atoms with E-state index in [2.05, 4.69) is 24.3 Å². The summed E-state index contributed by atoms with van der Waals surface area (Å²) in [6.07, 6.45) is 4.79. The van der Waals surface area contributed by atoms with Crippen LogP contribution in [0.2, 0.25) is 5.02 Å². The third-order valence-electron chi connectivity index (χ3n) is 6.01. The second-order valence-electron chi connectivity index (χ2n) is 8.30. The topological polar surface area (TPSA) is 109 Å². The number of rotatable bonds is 7. The first-order valence-corrected chi connectivity index (χ1v) is 13.7. The lowest BCUT2D eigenvalue weighted by Gasteiger charge is -2.34. The molecule has 0 unspecified atom stereocenters. The number of fused-ring (bicyclic) bond motifs is 1. The Labute approximate surface area is 214 Å². The number of sulfonamides is 1. The van der Waals surface area contributed by atoms with E-state index in [1.54, 1.807) is 24.3 Å². The molecular formula is C23H27ClN6O3S2. The number of carbonyl (C=O) groups excluding carboxylic acids is 1. The third kappa shape index (κ3) is 5.26. The quantitative estimate of drug-likeness (QED) is 0.367. The van der Waals surface area contributed by atoms with E-state index in [1.165, 1.54) is 6.33 Å². The van der Waals surface area contributed by atoms with Gasteiger partial charge in [0.25, 0.3) is 10.0 Å². The summed E-state index contributed by atoms with van der Waals surface area (Å²) in [5.41, 5.74) is 1.81. The molecule has 1 amide bonds. The molecule has 1 fully saturated rings. The van der Waals surface area contributed by atoms with Crippen molar-refractivity contribution in [2.75, 3.05) is 22.7 Å². The summed E-state index contributed by atoms with van der Waals surface area (Å²) in [6.45, 7) is 1.74. The van der Waals surface area contributed by atoms with Crippen molar-refractivity contribution in [3.8, 4) is 0 Å². The van der Waals surface area contributed by atoms with E-state index < -0.39 is 10.0 Å². The molecule has 0 radical (unpaired) electrons. The predicted molar refractivity (Wildman–Crippen MR) is 142 cm³/mol. The SMILES string of the molecule is O=C(Cn1ccc2cccc(Cl)c21)NC1CCN(c2ccc(S(=O)(=O)Nc3ncns3)cc2)CC1.[HH].[HH]. The number of nitrogens with one attached hydrogen (secondary N) is 2. The molecule has 1 saturated heterocycles. The molecule has 35 heavy (non-hydrogen) atoms. The van der Waals surface area contributed by atoms with Gasteiger partial charge in [-0.25, -0.2) is 13.4 Å². The monoisotopic (exact) mass is 534 g/mol. The van der Waals surface area contributed by atoms with Crippen LogP contribution in [0.1, 0.15) is 15.7 Å². The van der Waals surface area contributed by atoms with E-state index in [0.29, 0.717) is 5.02 Å². The normalized spacial score (nSPS) is 14.8. The Morgan fingerprint density at radius 3 is 2.63 bits per heavy atom. The molecule has 2 aromatic carbocycles. The Bertz CT molecular complexity index is 1440. The summed E-state index contributed by atoms with van der Waals surface area (Å²) in [7, 11) is -3.71. The second kappa shape index (κ2) is 9.84. The average Bonchev–Trinajstić information content (AvgIpc) is 3.50. The molecule has 3 heterocycles. The van der Waals surface area contributed by atoms with Crippen LogP contribution in [0.15, 0.2) is 66.0 Å². The molecule has 0 bridgehead atoms. The van der Waals surface area contributed by atoms with Crippen LogP contribution in [0, 0.1) is 0 Å². The van der Waals surface area contributed by atoms with Crippen LogP contribution in [-0.2, 0) is 21.4 Å². The summed E-state index contributed by atoms with van der Waals surface area (Å²) >= 11 is 7.30. The average molecular weight is 535 g/mol. The van der Waals surface area contributed by atoms with Gasteiger partial charge in [0.15, 0.2) is 0 Å². The molecule has 0 aliphatic carbocycles. The maximum absolute atomic E-state index is 12.7. The van der Waals surface area contributed by atoms with Crippen molar-refractivity contribution in [1.29, 1.82) is 0 Å². The molecule has 1 aliphatic heterocycles. The number of aromatic nitrogens is 3. The van der Waals surface area contributed by atoms with Gasteiger partial charge in [0.05, 0.1) is 15.4 Å². The molecule has 9 nitrogen and oxygen atoms in total. The number of amides is 1. The zero-order valence-corrected chi connectivity index (χ0v) is 21.0. The van der Waals surface area contributed by atoms with Gasteiger partial charge in [0.2, 0.25) is 11.0 Å². The predicted octanol–water partition coefficient (Wildman–Crippen LogP) is 4.22. The lowest BCUT2D eigenvalue weighted by atomic mass is 10.0. The number of benzene rings is 2. The van der Waals surface area contributed by atoms with Crippen LogP contribution in [0.3, 0.4) is 0 Å². The molecule has 0 saturated carbocycles. The third-order valence-corrected chi connectivity index (χ3v) is 8.38. The molecule has 4 aromatic rings. The maximum Gasteiger partial charge on any atom is 0.263 e. The first-order chi connectivity index (χ1) is 16.9. The highest BCUT2D eigenvalue weighted by molar-refractivity contribution is 7.93. The fourth-order valence-electron chi connectivity index (χ4n) is 4.28. The van der Waals surface area contributed by atoms with Crippen LogP contribution < -0.4 is 14.9 Å². The van der Waals surface area contributed by atoms with Gasteiger partial charge in [-0.2, -0.15) is 4.37 Å². The van der Waals surface area contributed by atoms with Crippen molar-refractivity contribution in [2.45, 2.75) is 30.3 Å². The van der Waals surface area contributed by atoms with Crippen molar-refractivity contribution in [3.05, 3.63) is 66.1 Å². The fourth-order valence-corrected chi connectivity index (χ4v) is 6.24. The Morgan fingerprint density at radius 1 is 1.14 bits per heavy atom. The minimum absolute atomic E-state index is 0. The highest BCUT2D eigenvalue weighted by Crippen LogP contribution is 2.25. The molecule has 5 rings (SSSR count). The summed E-state index contributed by atoms with van der Waals surface area (Å²) in [5.74, 6) is -0.0432. The number of para-hydroxylation sites is 1. The van der Waals surface area contributed by atoms with Crippen molar-refractivity contribution in [2.24, 2.45) is 0 Å². The van der Waals surface area contributed by atoms with Gasteiger partial charge in [-0.1, -0.05) is 23.7 Å². The fraction of sp³-hybridized carbons (Fsp3) is 0.261. The van der Waals surface area contributed by atoms with Gasteiger partial charge in [-0.3, -0.25) is 9.52 Å². The molecule has 186 valence electrons. The summed E-state index contributed by atoms with van der Waals surface area (Å²) in [5, 5.41) is 5.00. The number of hydrogen-bond acceptors (Lipinski definition) is 7. The number of anilines is 2. The Kier molecular flexibility index (Phi) is 6.63. The van der Waals surface area contributed by atoms with Crippen LogP contribution in [-0.4, -0.2) is 47.4 Å². The minimum atomic E-state index is -3.71. The maximum atomic E-state index is 12.7. The van der Waals surface area contributed by atoms with Gasteiger partial charge >= 0.3 is 0 Å². The number of piperidine rings is 1. The van der Waals surface area contributed by atoms with Gasteiger partial charge < -0.3 is 14.8 Å². The molecule has 12 heteroatoms. The smallest absolute Gasteiger partial charge is 0.263 e. The molecule has 2 N–H and O–H groups in total. The Balaban J connectivity index is 0.00000190. The van der Waals surface area contributed by atoms with Crippen molar-refractivity contribution in [1.82, 2.24) is 19.2 Å². The lowest BCUT2D eigenvalue weighted by Crippen LogP contribution is -2.45. The Hall–Kier alpha value is -3.15. The van der Waals surface area contributed by atoms with Crippen LogP contribution in [0.5, 0.6) is 0 Å². The van der Waals surface area contributed by atoms with E-state index in [-0.39, 0.29) is 31.4 Å². The van der Waals surface area contributed by atoms with Crippen molar-refractivity contribution < 1.29 is 16.1 Å². The van der Waals surface area contributed by atoms with Gasteiger partial charge in [0, 0.05) is 50.8 Å². The highest BCUT2D eigenvalue weighted by atomic mass is 35.5. The van der Waals surface area contributed by atoms with E-state index >= 15 is 0 Å².